The molecule has 422 valence electrons. The maximum Gasteiger partial charge on any atom is 0.361 e. The highest BCUT2D eigenvalue weighted by Crippen LogP contribution is 2.13. The molecule has 1 N–H and O–H groups in total. The van der Waals surface area contributed by atoms with Crippen molar-refractivity contribution in [2.75, 3.05) is 47.5 Å². The van der Waals surface area contributed by atoms with E-state index < -0.39 is 24.3 Å². The number of nitrogens with zero attached hydrogens (tertiary/aromatic N) is 1. The SMILES string of the molecule is CC/C=C\C/C=C\C/C=C\C/C=C\C/C=C\C/C=C\C/C=C\CCCCCCCC(=O)OC(COC(=O)CCCCCCCCC/C=C\C/C=C\C/C=C\C/C=C\C/C=C\CC)COC(OCC[N+](C)(C)C)C(=O)O. The first kappa shape index (κ1) is 70.2. The molecule has 9 heteroatoms. The van der Waals surface area contributed by atoms with Gasteiger partial charge in [0.15, 0.2) is 6.10 Å². The van der Waals surface area contributed by atoms with Crippen molar-refractivity contribution in [3.05, 3.63) is 146 Å². The van der Waals surface area contributed by atoms with Crippen LogP contribution in [0, 0.1) is 0 Å². The van der Waals surface area contributed by atoms with Gasteiger partial charge in [-0.25, -0.2) is 4.79 Å². The highest BCUT2D eigenvalue weighted by molar-refractivity contribution is 5.71. The van der Waals surface area contributed by atoms with Crippen molar-refractivity contribution in [2.45, 2.75) is 206 Å². The fourth-order valence-electron chi connectivity index (χ4n) is 7.19. The summed E-state index contributed by atoms with van der Waals surface area (Å²) < 4.78 is 22.8. The van der Waals surface area contributed by atoms with Gasteiger partial charge in [-0.05, 0) is 116 Å². The van der Waals surface area contributed by atoms with Gasteiger partial charge in [-0.15, -0.1) is 0 Å². The molecule has 2 unspecified atom stereocenters. The Kier molecular flexibility index (Phi) is 51.8. The predicted molar refractivity (Wildman–Crippen MR) is 317 cm³/mol. The minimum Gasteiger partial charge on any atom is -0.477 e. The molecule has 0 aromatic rings. The molecule has 0 aromatic carbocycles. The molecule has 9 nitrogen and oxygen atoms in total. The van der Waals surface area contributed by atoms with Crippen molar-refractivity contribution in [3.8, 4) is 0 Å². The van der Waals surface area contributed by atoms with Gasteiger partial charge >= 0.3 is 17.9 Å². The Bertz CT molecular complexity index is 1730. The second-order valence-corrected chi connectivity index (χ2v) is 19.8. The summed E-state index contributed by atoms with van der Waals surface area (Å²) in [5, 5.41) is 9.71. The third kappa shape index (κ3) is 56.7. The number of carboxylic acids is 1. The van der Waals surface area contributed by atoms with E-state index in [9.17, 15) is 19.5 Å². The molecule has 0 spiro atoms. The largest absolute Gasteiger partial charge is 0.477 e. The Balaban J connectivity index is 4.38. The Morgan fingerprint density at radius 3 is 1.07 bits per heavy atom. The van der Waals surface area contributed by atoms with Crippen LogP contribution in [-0.2, 0) is 33.3 Å². The molecule has 2 atom stereocenters. The lowest BCUT2D eigenvalue weighted by molar-refractivity contribution is -0.870. The predicted octanol–water partition coefficient (Wildman–Crippen LogP) is 17.2. The normalized spacial score (nSPS) is 13.9. The maximum atomic E-state index is 12.9. The molecule has 75 heavy (non-hydrogen) atoms. The Morgan fingerprint density at radius 2 is 0.720 bits per heavy atom. The molecule has 0 saturated carbocycles. The number of hydrogen-bond donors (Lipinski definition) is 1. The number of ether oxygens (including phenoxy) is 4. The summed E-state index contributed by atoms with van der Waals surface area (Å²) in [6, 6.07) is 0. The average Bonchev–Trinajstić information content (AvgIpc) is 3.38. The molecule has 0 amide bonds. The van der Waals surface area contributed by atoms with E-state index >= 15 is 0 Å². The second kappa shape index (κ2) is 55.4. The third-order valence-corrected chi connectivity index (χ3v) is 11.6. The van der Waals surface area contributed by atoms with E-state index in [1.54, 1.807) is 0 Å². The molecule has 0 fully saturated rings. The van der Waals surface area contributed by atoms with Gasteiger partial charge < -0.3 is 28.5 Å². The molecular weight excluding hydrogens is 935 g/mol. The van der Waals surface area contributed by atoms with Crippen LogP contribution >= 0.6 is 0 Å². The number of carbonyl (C=O) groups is 3. The van der Waals surface area contributed by atoms with Crippen LogP contribution in [0.4, 0.5) is 0 Å². The number of esters is 2. The van der Waals surface area contributed by atoms with E-state index in [1.807, 2.05) is 21.1 Å². The van der Waals surface area contributed by atoms with E-state index in [0.717, 1.165) is 141 Å². The monoisotopic (exact) mass is 1040 g/mol. The number of quaternary nitrogens is 1. The van der Waals surface area contributed by atoms with Gasteiger partial charge in [0.05, 0.1) is 34.4 Å². The molecule has 0 rings (SSSR count). The fourth-order valence-corrected chi connectivity index (χ4v) is 7.19. The van der Waals surface area contributed by atoms with Gasteiger partial charge in [-0.1, -0.05) is 211 Å². The summed E-state index contributed by atoms with van der Waals surface area (Å²) in [5.41, 5.74) is 0. The summed E-state index contributed by atoms with van der Waals surface area (Å²) >= 11 is 0. The standard InChI is InChI=1S/C66H105NO8/c1-6-8-10-12-14-16-18-20-22-24-26-28-30-31-32-33-35-37-39-41-43-45-47-49-51-53-55-57-64(69)75-62(61-74-66(65(70)71)72-59-58-67(3,4)5)60-73-63(68)56-54-52-50-48-46-44-42-40-38-36-34-29-27-25-23-21-19-17-15-13-11-9-7-2/h8-11,14-17,20-23,26-29,31-32,35-38,41,43,62,66H,6-7,12-13,18-19,24-25,30,33-34,39-40,42,44-61H2,1-5H3/p+1/b10-8-,11-9-,16-14-,17-15-,22-20-,23-21-,28-26-,29-27-,32-31-,37-35-,38-36-,43-41-. The van der Waals surface area contributed by atoms with E-state index in [4.69, 9.17) is 18.9 Å². The Morgan fingerprint density at radius 1 is 0.400 bits per heavy atom. The summed E-state index contributed by atoms with van der Waals surface area (Å²) in [6.45, 7) is 4.58. The van der Waals surface area contributed by atoms with Gasteiger partial charge in [0.2, 0.25) is 0 Å². The zero-order chi connectivity index (χ0) is 54.8. The summed E-state index contributed by atoms with van der Waals surface area (Å²) in [5.74, 6) is -2.07. The lowest BCUT2D eigenvalue weighted by Gasteiger charge is -2.25. The molecule has 0 saturated heterocycles. The van der Waals surface area contributed by atoms with Crippen LogP contribution in [0.5, 0.6) is 0 Å². The number of rotatable bonds is 51. The summed E-state index contributed by atoms with van der Waals surface area (Å²) in [6.07, 6.45) is 77.7. The van der Waals surface area contributed by atoms with E-state index in [0.29, 0.717) is 17.4 Å². The quantitative estimate of drug-likeness (QED) is 0.0211. The average molecular weight is 1040 g/mol. The summed E-state index contributed by atoms with van der Waals surface area (Å²) in [7, 11) is 5.94. The topological polar surface area (TPSA) is 108 Å². The van der Waals surface area contributed by atoms with Gasteiger partial charge in [0.25, 0.3) is 6.29 Å². The van der Waals surface area contributed by atoms with Crippen LogP contribution in [0.1, 0.15) is 194 Å². The molecule has 0 bridgehead atoms. The van der Waals surface area contributed by atoms with Gasteiger partial charge in [-0.3, -0.25) is 9.59 Å². The first-order valence-corrected chi connectivity index (χ1v) is 29.0. The van der Waals surface area contributed by atoms with E-state index in [-0.39, 0.29) is 38.6 Å². The van der Waals surface area contributed by atoms with Crippen molar-refractivity contribution in [1.29, 1.82) is 0 Å². The van der Waals surface area contributed by atoms with Crippen molar-refractivity contribution in [2.24, 2.45) is 0 Å². The minimum absolute atomic E-state index is 0.172. The van der Waals surface area contributed by atoms with Crippen molar-refractivity contribution < 1.29 is 42.9 Å². The molecule has 0 aliphatic heterocycles. The third-order valence-electron chi connectivity index (χ3n) is 11.6. The molecule has 0 aliphatic carbocycles. The number of carbonyl (C=O) groups excluding carboxylic acids is 2. The second-order valence-electron chi connectivity index (χ2n) is 19.8. The number of carboxylic acid groups (broad SMARTS) is 1. The van der Waals surface area contributed by atoms with Crippen LogP contribution in [0.3, 0.4) is 0 Å². The maximum absolute atomic E-state index is 12.9. The number of unbranched alkanes of at least 4 members (excludes halogenated alkanes) is 12. The highest BCUT2D eigenvalue weighted by atomic mass is 16.7. The van der Waals surface area contributed by atoms with Crippen molar-refractivity contribution >= 4 is 17.9 Å². The number of likely N-dealkylation sites (N-methyl/N-ethyl adjacent to an activating group) is 1. The minimum atomic E-state index is -1.53. The zero-order valence-electron chi connectivity index (χ0n) is 47.9. The molecule has 0 aromatic heterocycles. The molecule has 0 aliphatic rings. The van der Waals surface area contributed by atoms with Gasteiger partial charge in [0, 0.05) is 12.8 Å². The molecule has 0 radical (unpaired) electrons. The van der Waals surface area contributed by atoms with Gasteiger partial charge in [-0.2, -0.15) is 0 Å². The van der Waals surface area contributed by atoms with E-state index in [2.05, 4.69) is 160 Å². The van der Waals surface area contributed by atoms with Gasteiger partial charge in [0.1, 0.15) is 13.2 Å². The van der Waals surface area contributed by atoms with Crippen LogP contribution in [0.25, 0.3) is 0 Å². The Labute approximate surface area is 458 Å². The number of hydrogen-bond acceptors (Lipinski definition) is 7. The Hall–Kier alpha value is -4.83. The first-order valence-electron chi connectivity index (χ1n) is 29.0. The van der Waals surface area contributed by atoms with E-state index in [1.165, 1.54) is 19.3 Å². The summed E-state index contributed by atoms with van der Waals surface area (Å²) in [4.78, 5) is 37.5. The fraction of sp³-hybridized carbons (Fsp3) is 0.591. The first-order chi connectivity index (χ1) is 36.6. The number of aliphatic carboxylic acids is 1. The smallest absolute Gasteiger partial charge is 0.361 e. The highest BCUT2D eigenvalue weighted by Gasteiger charge is 2.25. The van der Waals surface area contributed by atoms with Crippen molar-refractivity contribution in [3.63, 3.8) is 0 Å². The number of allylic oxidation sites excluding steroid dienone is 24. The lowest BCUT2D eigenvalue weighted by Crippen LogP contribution is -2.40. The molecule has 0 heterocycles. The van der Waals surface area contributed by atoms with Crippen molar-refractivity contribution in [1.82, 2.24) is 0 Å². The lowest BCUT2D eigenvalue weighted by atomic mass is 10.1. The van der Waals surface area contributed by atoms with Crippen LogP contribution in [-0.4, -0.2) is 87.4 Å². The van der Waals surface area contributed by atoms with Crippen LogP contribution in [0.15, 0.2) is 146 Å². The molecular formula is C66H106NO8+. The zero-order valence-corrected chi connectivity index (χ0v) is 47.9. The van der Waals surface area contributed by atoms with Crippen LogP contribution < -0.4 is 0 Å². The van der Waals surface area contributed by atoms with Crippen LogP contribution in [0.2, 0.25) is 0 Å².